The molecule has 4 heteroatoms. The number of piperazine rings is 1. The van der Waals surface area contributed by atoms with Crippen LogP contribution in [-0.2, 0) is 6.54 Å². The van der Waals surface area contributed by atoms with Crippen LogP contribution in [0.5, 0.6) is 5.75 Å². The maximum atomic E-state index is 9.22. The molecule has 3 rings (SSSR count). The summed E-state index contributed by atoms with van der Waals surface area (Å²) in [4.78, 5) is 4.86. The van der Waals surface area contributed by atoms with Crippen molar-refractivity contribution in [3.05, 3.63) is 29.8 Å². The minimum atomic E-state index is 0.271. The van der Waals surface area contributed by atoms with Gasteiger partial charge in [0.15, 0.2) is 0 Å². The first kappa shape index (κ1) is 16.7. The van der Waals surface area contributed by atoms with Crippen LogP contribution in [0.2, 0.25) is 0 Å². The predicted molar refractivity (Wildman–Crippen MR) is 92.7 cm³/mol. The van der Waals surface area contributed by atoms with Crippen LogP contribution in [0.25, 0.3) is 0 Å². The van der Waals surface area contributed by atoms with E-state index in [4.69, 9.17) is 4.74 Å². The molecule has 0 spiro atoms. The molecule has 0 aromatic heterocycles. The van der Waals surface area contributed by atoms with Crippen LogP contribution in [-0.4, -0.2) is 60.3 Å². The molecular formula is C19H30N2O2. The molecule has 1 saturated carbocycles. The second kappa shape index (κ2) is 8.13. The number of likely N-dealkylation sites (N-methyl/N-ethyl adjacent to an activating group) is 1. The fraction of sp³-hybridized carbons (Fsp3) is 0.684. The summed E-state index contributed by atoms with van der Waals surface area (Å²) in [5, 5.41) is 9.22. The molecule has 0 amide bonds. The molecular weight excluding hydrogens is 288 g/mol. The highest BCUT2D eigenvalue weighted by atomic mass is 16.5. The van der Waals surface area contributed by atoms with Gasteiger partial charge in [0.1, 0.15) is 5.75 Å². The lowest BCUT2D eigenvalue weighted by Crippen LogP contribution is -2.51. The zero-order valence-corrected chi connectivity index (χ0v) is 14.3. The maximum Gasteiger partial charge on any atom is 0.120 e. The zero-order valence-electron chi connectivity index (χ0n) is 14.3. The highest BCUT2D eigenvalue weighted by molar-refractivity contribution is 5.28. The maximum absolute atomic E-state index is 9.22. The van der Waals surface area contributed by atoms with Gasteiger partial charge in [-0.1, -0.05) is 12.1 Å². The van der Waals surface area contributed by atoms with Crippen molar-refractivity contribution >= 4 is 0 Å². The first-order chi connectivity index (χ1) is 11.2. The standard InChI is InChI=1S/C19H30N2O2/c1-20-10-11-21(15-17(20)9-12-22)14-16-5-4-8-19(13-16)23-18-6-2-3-7-18/h4-5,8,13,17-18,22H,2-3,6-7,9-12,14-15H2,1H3/t17-/m1/s1. The lowest BCUT2D eigenvalue weighted by atomic mass is 10.1. The topological polar surface area (TPSA) is 35.9 Å². The number of aliphatic hydroxyl groups excluding tert-OH is 1. The zero-order chi connectivity index (χ0) is 16.1. The number of hydrogen-bond donors (Lipinski definition) is 1. The van der Waals surface area contributed by atoms with Crippen LogP contribution in [0.15, 0.2) is 24.3 Å². The Morgan fingerprint density at radius 2 is 2.04 bits per heavy atom. The van der Waals surface area contributed by atoms with Gasteiger partial charge in [0, 0.05) is 38.8 Å². The van der Waals surface area contributed by atoms with Crippen LogP contribution < -0.4 is 4.74 Å². The van der Waals surface area contributed by atoms with Gasteiger partial charge in [-0.15, -0.1) is 0 Å². The van der Waals surface area contributed by atoms with E-state index < -0.39 is 0 Å². The van der Waals surface area contributed by atoms with Crippen molar-refractivity contribution in [1.29, 1.82) is 0 Å². The number of nitrogens with zero attached hydrogens (tertiary/aromatic N) is 2. The molecule has 1 heterocycles. The fourth-order valence-corrected chi connectivity index (χ4v) is 3.79. The Morgan fingerprint density at radius 3 is 2.83 bits per heavy atom. The third-order valence-electron chi connectivity index (χ3n) is 5.23. The van der Waals surface area contributed by atoms with Gasteiger partial charge in [-0.3, -0.25) is 4.90 Å². The number of hydrogen-bond acceptors (Lipinski definition) is 4. The smallest absolute Gasteiger partial charge is 0.120 e. The minimum absolute atomic E-state index is 0.271. The Morgan fingerprint density at radius 1 is 1.22 bits per heavy atom. The lowest BCUT2D eigenvalue weighted by molar-refractivity contribution is 0.0742. The molecule has 1 aliphatic carbocycles. The first-order valence-corrected chi connectivity index (χ1v) is 9.03. The molecule has 0 unspecified atom stereocenters. The van der Waals surface area contributed by atoms with Crippen LogP contribution in [0.1, 0.15) is 37.7 Å². The Kier molecular flexibility index (Phi) is 5.92. The van der Waals surface area contributed by atoms with Crippen molar-refractivity contribution in [1.82, 2.24) is 9.80 Å². The van der Waals surface area contributed by atoms with E-state index in [2.05, 4.69) is 41.1 Å². The van der Waals surface area contributed by atoms with Crippen molar-refractivity contribution in [3.63, 3.8) is 0 Å². The Labute approximate surface area is 140 Å². The molecule has 128 valence electrons. The van der Waals surface area contributed by atoms with Gasteiger partial charge in [0.2, 0.25) is 0 Å². The van der Waals surface area contributed by atoms with E-state index >= 15 is 0 Å². The van der Waals surface area contributed by atoms with E-state index in [9.17, 15) is 5.11 Å². The van der Waals surface area contributed by atoms with Crippen LogP contribution in [0.4, 0.5) is 0 Å². The molecule has 0 bridgehead atoms. The third-order valence-corrected chi connectivity index (χ3v) is 5.23. The largest absolute Gasteiger partial charge is 0.490 e. The fourth-order valence-electron chi connectivity index (χ4n) is 3.79. The summed E-state index contributed by atoms with van der Waals surface area (Å²) in [6, 6.07) is 9.06. The second-order valence-corrected chi connectivity index (χ2v) is 7.05. The summed E-state index contributed by atoms with van der Waals surface area (Å²) in [5.74, 6) is 1.02. The second-order valence-electron chi connectivity index (χ2n) is 7.05. The molecule has 2 aliphatic rings. The van der Waals surface area contributed by atoms with Gasteiger partial charge in [-0.2, -0.15) is 0 Å². The average molecular weight is 318 g/mol. The number of benzene rings is 1. The van der Waals surface area contributed by atoms with Gasteiger partial charge in [0.25, 0.3) is 0 Å². The molecule has 1 atom stereocenters. The normalized spacial score (nSPS) is 24.2. The summed E-state index contributed by atoms with van der Waals surface area (Å²) in [6.07, 6.45) is 6.29. The molecule has 1 aromatic rings. The van der Waals surface area contributed by atoms with Crippen LogP contribution in [0.3, 0.4) is 0 Å². The first-order valence-electron chi connectivity index (χ1n) is 9.03. The Hall–Kier alpha value is -1.10. The van der Waals surface area contributed by atoms with Gasteiger partial charge >= 0.3 is 0 Å². The summed E-state index contributed by atoms with van der Waals surface area (Å²) < 4.78 is 6.12. The average Bonchev–Trinajstić information content (AvgIpc) is 3.04. The van der Waals surface area contributed by atoms with Crippen LogP contribution in [0, 0.1) is 0 Å². The summed E-state index contributed by atoms with van der Waals surface area (Å²) in [5.41, 5.74) is 1.33. The van der Waals surface area contributed by atoms with E-state index in [0.717, 1.165) is 38.3 Å². The van der Waals surface area contributed by atoms with Crippen molar-refractivity contribution < 1.29 is 9.84 Å². The lowest BCUT2D eigenvalue weighted by Gasteiger charge is -2.39. The van der Waals surface area contributed by atoms with E-state index in [1.165, 1.54) is 31.2 Å². The molecule has 1 aromatic carbocycles. The molecule has 1 saturated heterocycles. The summed E-state index contributed by atoms with van der Waals surface area (Å²) >= 11 is 0. The molecule has 23 heavy (non-hydrogen) atoms. The number of ether oxygens (including phenoxy) is 1. The van der Waals surface area contributed by atoms with E-state index in [-0.39, 0.29) is 6.61 Å². The van der Waals surface area contributed by atoms with Crippen molar-refractivity contribution in [2.75, 3.05) is 33.3 Å². The minimum Gasteiger partial charge on any atom is -0.490 e. The highest BCUT2D eigenvalue weighted by Gasteiger charge is 2.24. The van der Waals surface area contributed by atoms with Gasteiger partial charge in [-0.25, -0.2) is 0 Å². The molecule has 0 radical (unpaired) electrons. The SMILES string of the molecule is CN1CCN(Cc2cccc(OC3CCCC3)c2)C[C@H]1CCO. The van der Waals surface area contributed by atoms with E-state index in [0.29, 0.717) is 12.1 Å². The van der Waals surface area contributed by atoms with Gasteiger partial charge in [-0.05, 0) is 56.8 Å². The molecule has 4 nitrogen and oxygen atoms in total. The summed E-state index contributed by atoms with van der Waals surface area (Å²) in [7, 11) is 2.16. The van der Waals surface area contributed by atoms with E-state index in [1.807, 2.05) is 0 Å². The molecule has 2 fully saturated rings. The molecule has 1 N–H and O–H groups in total. The number of aliphatic hydroxyl groups is 1. The van der Waals surface area contributed by atoms with Crippen LogP contribution >= 0.6 is 0 Å². The third kappa shape index (κ3) is 4.69. The predicted octanol–water partition coefficient (Wildman–Crippen LogP) is 2.51. The monoisotopic (exact) mass is 318 g/mol. The Balaban J connectivity index is 1.56. The van der Waals surface area contributed by atoms with E-state index in [1.54, 1.807) is 0 Å². The quantitative estimate of drug-likeness (QED) is 0.874. The number of rotatable bonds is 6. The van der Waals surface area contributed by atoms with Crippen molar-refractivity contribution in [3.8, 4) is 5.75 Å². The summed E-state index contributed by atoms with van der Waals surface area (Å²) in [6.45, 7) is 4.44. The van der Waals surface area contributed by atoms with Gasteiger partial charge < -0.3 is 14.7 Å². The van der Waals surface area contributed by atoms with Crippen molar-refractivity contribution in [2.45, 2.75) is 50.8 Å². The Bertz CT molecular complexity index is 488. The van der Waals surface area contributed by atoms with Crippen molar-refractivity contribution in [2.24, 2.45) is 0 Å². The van der Waals surface area contributed by atoms with Gasteiger partial charge in [0.05, 0.1) is 6.10 Å². The highest BCUT2D eigenvalue weighted by Crippen LogP contribution is 2.25. The molecule has 1 aliphatic heterocycles.